The summed E-state index contributed by atoms with van der Waals surface area (Å²) in [6.07, 6.45) is 2.49. The van der Waals surface area contributed by atoms with Crippen LogP contribution >= 0.6 is 11.6 Å². The summed E-state index contributed by atoms with van der Waals surface area (Å²) in [5, 5.41) is 15.3. The summed E-state index contributed by atoms with van der Waals surface area (Å²) in [5.41, 5.74) is 4.25. The minimum atomic E-state index is -0.627. The standard InChI is InChI=1S/C16H21ClN2O/c1-4-5-19-16(14(17)10-18-19)15(20)9-13-7-11(2)6-12(3)8-13/h6-8,10,15,20H,4-5,9H2,1-3H3. The summed E-state index contributed by atoms with van der Waals surface area (Å²) in [5.74, 6) is 0. The zero-order chi connectivity index (χ0) is 14.7. The molecule has 1 heterocycles. The highest BCUT2D eigenvalue weighted by molar-refractivity contribution is 6.31. The minimum Gasteiger partial charge on any atom is -0.386 e. The van der Waals surface area contributed by atoms with Crippen molar-refractivity contribution in [3.05, 3.63) is 51.8 Å². The number of halogens is 1. The van der Waals surface area contributed by atoms with Crippen LogP contribution in [0.15, 0.2) is 24.4 Å². The fourth-order valence-electron chi connectivity index (χ4n) is 2.60. The molecule has 0 radical (unpaired) electrons. The average molecular weight is 293 g/mol. The van der Waals surface area contributed by atoms with Crippen LogP contribution in [0, 0.1) is 13.8 Å². The van der Waals surface area contributed by atoms with Crippen LogP contribution in [-0.4, -0.2) is 14.9 Å². The van der Waals surface area contributed by atoms with Crippen LogP contribution in [-0.2, 0) is 13.0 Å². The zero-order valence-electron chi connectivity index (χ0n) is 12.2. The number of aromatic nitrogens is 2. The first kappa shape index (κ1) is 15.1. The molecule has 0 fully saturated rings. The molecule has 1 atom stereocenters. The second-order valence-corrected chi connectivity index (χ2v) is 5.72. The lowest BCUT2D eigenvalue weighted by atomic mass is 10.0. The molecule has 4 heteroatoms. The Hall–Kier alpha value is -1.32. The van der Waals surface area contributed by atoms with Gasteiger partial charge in [-0.2, -0.15) is 5.10 Å². The SMILES string of the molecule is CCCn1ncc(Cl)c1C(O)Cc1cc(C)cc(C)c1. The summed E-state index contributed by atoms with van der Waals surface area (Å²) in [6, 6.07) is 6.33. The Balaban J connectivity index is 2.23. The number of nitrogens with zero attached hydrogens (tertiary/aromatic N) is 2. The normalized spacial score (nSPS) is 12.7. The predicted octanol–water partition coefficient (Wildman–Crippen LogP) is 3.84. The van der Waals surface area contributed by atoms with E-state index in [0.717, 1.165) is 18.5 Å². The van der Waals surface area contributed by atoms with E-state index in [1.807, 2.05) is 0 Å². The number of hydrogen-bond acceptors (Lipinski definition) is 2. The average Bonchev–Trinajstić information content (AvgIpc) is 2.69. The smallest absolute Gasteiger partial charge is 0.101 e. The highest BCUT2D eigenvalue weighted by Gasteiger charge is 2.18. The van der Waals surface area contributed by atoms with E-state index in [9.17, 15) is 5.11 Å². The topological polar surface area (TPSA) is 38.0 Å². The van der Waals surface area contributed by atoms with Crippen LogP contribution in [0.1, 0.15) is 41.8 Å². The molecule has 2 aromatic rings. The van der Waals surface area contributed by atoms with Gasteiger partial charge in [-0.05, 0) is 25.8 Å². The lowest BCUT2D eigenvalue weighted by molar-refractivity contribution is 0.166. The number of benzene rings is 1. The Morgan fingerprint density at radius 3 is 2.50 bits per heavy atom. The molecule has 0 saturated carbocycles. The number of hydrogen-bond donors (Lipinski definition) is 1. The fraction of sp³-hybridized carbons (Fsp3) is 0.438. The lowest BCUT2D eigenvalue weighted by Gasteiger charge is -2.14. The van der Waals surface area contributed by atoms with Gasteiger partial charge in [-0.25, -0.2) is 0 Å². The summed E-state index contributed by atoms with van der Waals surface area (Å²) in [4.78, 5) is 0. The number of aliphatic hydroxyl groups is 1. The molecule has 0 amide bonds. The molecular weight excluding hydrogens is 272 g/mol. The van der Waals surface area contributed by atoms with Crippen LogP contribution < -0.4 is 0 Å². The first-order valence-corrected chi connectivity index (χ1v) is 7.35. The Bertz CT molecular complexity index is 572. The van der Waals surface area contributed by atoms with Gasteiger partial charge in [0.15, 0.2) is 0 Å². The third kappa shape index (κ3) is 3.41. The first-order valence-electron chi connectivity index (χ1n) is 6.97. The number of aryl methyl sites for hydroxylation is 3. The molecule has 0 aliphatic heterocycles. The summed E-state index contributed by atoms with van der Waals surface area (Å²) >= 11 is 6.16. The molecule has 0 bridgehead atoms. The van der Waals surface area contributed by atoms with Crippen molar-refractivity contribution in [2.75, 3.05) is 0 Å². The second-order valence-electron chi connectivity index (χ2n) is 5.32. The molecule has 0 aliphatic carbocycles. The number of rotatable bonds is 5. The second kappa shape index (κ2) is 6.42. The van der Waals surface area contributed by atoms with Gasteiger partial charge in [0.05, 0.1) is 16.9 Å². The highest BCUT2D eigenvalue weighted by atomic mass is 35.5. The Kier molecular flexibility index (Phi) is 4.84. The van der Waals surface area contributed by atoms with Gasteiger partial charge in [0.25, 0.3) is 0 Å². The maximum atomic E-state index is 10.5. The molecular formula is C16H21ClN2O. The van der Waals surface area contributed by atoms with Crippen molar-refractivity contribution in [2.24, 2.45) is 0 Å². The Morgan fingerprint density at radius 1 is 1.25 bits per heavy atom. The molecule has 0 spiro atoms. The fourth-order valence-corrected chi connectivity index (χ4v) is 2.87. The Labute approximate surface area is 125 Å². The highest BCUT2D eigenvalue weighted by Crippen LogP contribution is 2.26. The summed E-state index contributed by atoms with van der Waals surface area (Å²) < 4.78 is 1.80. The van der Waals surface area contributed by atoms with Crippen LogP contribution in [0.3, 0.4) is 0 Å². The van der Waals surface area contributed by atoms with Gasteiger partial charge in [0.1, 0.15) is 6.10 Å². The molecule has 1 unspecified atom stereocenters. The molecule has 1 aromatic heterocycles. The maximum Gasteiger partial charge on any atom is 0.101 e. The van der Waals surface area contributed by atoms with Crippen LogP contribution in [0.5, 0.6) is 0 Å². The number of aliphatic hydroxyl groups excluding tert-OH is 1. The van der Waals surface area contributed by atoms with Crippen molar-refractivity contribution in [2.45, 2.75) is 46.3 Å². The van der Waals surface area contributed by atoms with Crippen molar-refractivity contribution in [1.82, 2.24) is 9.78 Å². The first-order chi connectivity index (χ1) is 9.51. The van der Waals surface area contributed by atoms with E-state index in [-0.39, 0.29) is 0 Å². The molecule has 108 valence electrons. The molecule has 3 nitrogen and oxygen atoms in total. The van der Waals surface area contributed by atoms with E-state index in [2.05, 4.69) is 44.1 Å². The van der Waals surface area contributed by atoms with Gasteiger partial charge in [0, 0.05) is 13.0 Å². The van der Waals surface area contributed by atoms with Crippen LogP contribution in [0.2, 0.25) is 5.02 Å². The maximum absolute atomic E-state index is 10.5. The van der Waals surface area contributed by atoms with Gasteiger partial charge in [-0.1, -0.05) is 47.9 Å². The van der Waals surface area contributed by atoms with Crippen molar-refractivity contribution in [3.8, 4) is 0 Å². The van der Waals surface area contributed by atoms with E-state index in [1.165, 1.54) is 11.1 Å². The van der Waals surface area contributed by atoms with E-state index in [0.29, 0.717) is 17.1 Å². The van der Waals surface area contributed by atoms with Crippen molar-refractivity contribution in [3.63, 3.8) is 0 Å². The quantitative estimate of drug-likeness (QED) is 0.909. The van der Waals surface area contributed by atoms with E-state index in [4.69, 9.17) is 11.6 Å². The molecule has 0 saturated heterocycles. The predicted molar refractivity (Wildman–Crippen MR) is 82.1 cm³/mol. The monoisotopic (exact) mass is 292 g/mol. The van der Waals surface area contributed by atoms with Crippen LogP contribution in [0.4, 0.5) is 0 Å². The van der Waals surface area contributed by atoms with Crippen molar-refractivity contribution < 1.29 is 5.11 Å². The van der Waals surface area contributed by atoms with Crippen LogP contribution in [0.25, 0.3) is 0 Å². The molecule has 0 aliphatic rings. The van der Waals surface area contributed by atoms with E-state index >= 15 is 0 Å². The summed E-state index contributed by atoms with van der Waals surface area (Å²) in [7, 11) is 0. The largest absolute Gasteiger partial charge is 0.386 e. The Morgan fingerprint density at radius 2 is 1.90 bits per heavy atom. The van der Waals surface area contributed by atoms with Gasteiger partial charge < -0.3 is 5.11 Å². The third-order valence-corrected chi connectivity index (χ3v) is 3.59. The third-order valence-electron chi connectivity index (χ3n) is 3.29. The molecule has 1 aromatic carbocycles. The van der Waals surface area contributed by atoms with Gasteiger partial charge in [-0.3, -0.25) is 4.68 Å². The van der Waals surface area contributed by atoms with E-state index in [1.54, 1.807) is 10.9 Å². The van der Waals surface area contributed by atoms with Crippen molar-refractivity contribution >= 4 is 11.6 Å². The molecule has 1 N–H and O–H groups in total. The molecule has 2 rings (SSSR count). The van der Waals surface area contributed by atoms with Gasteiger partial charge in [-0.15, -0.1) is 0 Å². The zero-order valence-corrected chi connectivity index (χ0v) is 13.0. The van der Waals surface area contributed by atoms with Gasteiger partial charge >= 0.3 is 0 Å². The van der Waals surface area contributed by atoms with Gasteiger partial charge in [0.2, 0.25) is 0 Å². The van der Waals surface area contributed by atoms with Crippen molar-refractivity contribution in [1.29, 1.82) is 0 Å². The molecule has 20 heavy (non-hydrogen) atoms. The van der Waals surface area contributed by atoms with E-state index < -0.39 is 6.10 Å². The lowest BCUT2D eigenvalue weighted by Crippen LogP contribution is -2.11. The minimum absolute atomic E-state index is 0.537. The summed E-state index contributed by atoms with van der Waals surface area (Å²) in [6.45, 7) is 6.98.